The normalized spacial score (nSPS) is 25.3. The summed E-state index contributed by atoms with van der Waals surface area (Å²) in [5, 5.41) is 0.443. The molecule has 138 valence electrons. The molecule has 2 aliphatic heterocycles. The van der Waals surface area contributed by atoms with E-state index in [0.717, 1.165) is 23.8 Å². The summed E-state index contributed by atoms with van der Waals surface area (Å²) in [7, 11) is 0. The van der Waals surface area contributed by atoms with E-state index in [9.17, 15) is 14.4 Å². The maximum absolute atomic E-state index is 12.7. The number of carbonyl (C=O) groups excluding carboxylic acids is 3. The van der Waals surface area contributed by atoms with Gasteiger partial charge in [0.1, 0.15) is 6.54 Å². The standard InChI is InChI=1S/C19H20Cl2N2O3/c20-15-7-13-14(8-16(15)21)19(26)23(18(13)25)10-17(24)22-6-5-11-3-1-2-4-12(11)9-22/h7-8,11-12H,1-6,9-10H2. The number of imide groups is 1. The monoisotopic (exact) mass is 394 g/mol. The average Bonchev–Trinajstić information content (AvgIpc) is 2.86. The highest BCUT2D eigenvalue weighted by atomic mass is 35.5. The molecule has 1 aromatic carbocycles. The molecule has 4 rings (SSSR count). The SMILES string of the molecule is O=C(CN1C(=O)c2cc(Cl)c(Cl)cc2C1=O)N1CCC2CCCCC2C1. The van der Waals surface area contributed by atoms with E-state index in [1.54, 1.807) is 0 Å². The molecule has 0 spiro atoms. The number of hydrogen-bond acceptors (Lipinski definition) is 3. The van der Waals surface area contributed by atoms with Gasteiger partial charge < -0.3 is 4.90 Å². The first kappa shape index (κ1) is 17.8. The van der Waals surface area contributed by atoms with Crippen LogP contribution in [0.15, 0.2) is 12.1 Å². The molecule has 26 heavy (non-hydrogen) atoms. The van der Waals surface area contributed by atoms with Crippen LogP contribution in [0.1, 0.15) is 52.8 Å². The number of piperidine rings is 1. The number of hydrogen-bond donors (Lipinski definition) is 0. The molecule has 0 radical (unpaired) electrons. The topological polar surface area (TPSA) is 57.7 Å². The second-order valence-electron chi connectivity index (χ2n) is 7.44. The third-order valence-corrected chi connectivity index (χ3v) is 6.67. The number of nitrogens with zero attached hydrogens (tertiary/aromatic N) is 2. The van der Waals surface area contributed by atoms with E-state index in [-0.39, 0.29) is 33.6 Å². The van der Waals surface area contributed by atoms with Gasteiger partial charge in [0.15, 0.2) is 0 Å². The van der Waals surface area contributed by atoms with Crippen molar-refractivity contribution in [3.8, 4) is 0 Å². The van der Waals surface area contributed by atoms with E-state index in [1.807, 2.05) is 4.90 Å². The lowest BCUT2D eigenvalue weighted by molar-refractivity contribution is -0.134. The van der Waals surface area contributed by atoms with Crippen molar-refractivity contribution in [2.45, 2.75) is 32.1 Å². The largest absolute Gasteiger partial charge is 0.341 e. The summed E-state index contributed by atoms with van der Waals surface area (Å²) in [5.41, 5.74) is 0.423. The Morgan fingerprint density at radius 2 is 1.54 bits per heavy atom. The summed E-state index contributed by atoms with van der Waals surface area (Å²) >= 11 is 11.9. The molecule has 2 fully saturated rings. The van der Waals surface area contributed by atoms with E-state index in [2.05, 4.69) is 0 Å². The number of benzene rings is 1. The first-order chi connectivity index (χ1) is 12.5. The minimum Gasteiger partial charge on any atom is -0.341 e. The predicted octanol–water partition coefficient (Wildman–Crippen LogP) is 3.63. The Balaban J connectivity index is 1.47. The molecule has 2 atom stereocenters. The van der Waals surface area contributed by atoms with Crippen LogP contribution in [0.2, 0.25) is 10.0 Å². The van der Waals surface area contributed by atoms with Gasteiger partial charge in [-0.15, -0.1) is 0 Å². The minimum absolute atomic E-state index is 0.166. The summed E-state index contributed by atoms with van der Waals surface area (Å²) in [5.74, 6) is 0.146. The zero-order chi connectivity index (χ0) is 18.4. The van der Waals surface area contributed by atoms with Crippen LogP contribution in [0.5, 0.6) is 0 Å². The van der Waals surface area contributed by atoms with Crippen molar-refractivity contribution in [1.82, 2.24) is 9.80 Å². The molecule has 1 saturated heterocycles. The van der Waals surface area contributed by atoms with Gasteiger partial charge >= 0.3 is 0 Å². The summed E-state index contributed by atoms with van der Waals surface area (Å²) < 4.78 is 0. The van der Waals surface area contributed by atoms with Crippen molar-refractivity contribution < 1.29 is 14.4 Å². The van der Waals surface area contributed by atoms with Gasteiger partial charge in [-0.1, -0.05) is 42.5 Å². The molecule has 5 nitrogen and oxygen atoms in total. The Kier molecular flexibility index (Phi) is 4.70. The number of carbonyl (C=O) groups is 3. The summed E-state index contributed by atoms with van der Waals surface area (Å²) in [6.07, 6.45) is 5.95. The van der Waals surface area contributed by atoms with Crippen molar-refractivity contribution in [1.29, 1.82) is 0 Å². The van der Waals surface area contributed by atoms with Crippen LogP contribution in [0.4, 0.5) is 0 Å². The Labute approximate surface area is 162 Å². The highest BCUT2D eigenvalue weighted by Gasteiger charge is 2.39. The van der Waals surface area contributed by atoms with E-state index in [0.29, 0.717) is 12.5 Å². The number of amides is 3. The quantitative estimate of drug-likeness (QED) is 0.719. The molecule has 2 heterocycles. The van der Waals surface area contributed by atoms with Crippen molar-refractivity contribution >= 4 is 40.9 Å². The van der Waals surface area contributed by atoms with Crippen LogP contribution in [0, 0.1) is 11.8 Å². The van der Waals surface area contributed by atoms with Crippen molar-refractivity contribution in [3.63, 3.8) is 0 Å². The average molecular weight is 395 g/mol. The molecule has 1 aromatic rings. The molecule has 0 bridgehead atoms. The summed E-state index contributed by atoms with van der Waals surface area (Å²) in [6, 6.07) is 2.80. The maximum Gasteiger partial charge on any atom is 0.262 e. The van der Waals surface area contributed by atoms with Gasteiger partial charge in [-0.25, -0.2) is 0 Å². The maximum atomic E-state index is 12.7. The zero-order valence-electron chi connectivity index (χ0n) is 14.3. The third-order valence-electron chi connectivity index (χ3n) is 5.95. The number of likely N-dealkylation sites (tertiary alicyclic amines) is 1. The number of rotatable bonds is 2. The molecule has 0 N–H and O–H groups in total. The lowest BCUT2D eigenvalue weighted by Crippen LogP contribution is -2.49. The summed E-state index contributed by atoms with van der Waals surface area (Å²) in [6.45, 7) is 1.23. The Bertz CT molecular complexity index is 754. The highest BCUT2D eigenvalue weighted by Crippen LogP contribution is 2.36. The van der Waals surface area contributed by atoms with Crippen LogP contribution in [-0.2, 0) is 4.79 Å². The first-order valence-corrected chi connectivity index (χ1v) is 9.84. The van der Waals surface area contributed by atoms with Gasteiger partial charge in [0.2, 0.25) is 5.91 Å². The van der Waals surface area contributed by atoms with Crippen LogP contribution in [0.25, 0.3) is 0 Å². The molecule has 0 aromatic heterocycles. The third kappa shape index (κ3) is 3.01. The second-order valence-corrected chi connectivity index (χ2v) is 8.26. The fourth-order valence-electron chi connectivity index (χ4n) is 4.49. The van der Waals surface area contributed by atoms with Crippen molar-refractivity contribution in [3.05, 3.63) is 33.3 Å². The lowest BCUT2D eigenvalue weighted by Gasteiger charge is -2.41. The molecule has 1 saturated carbocycles. The summed E-state index contributed by atoms with van der Waals surface area (Å²) in [4.78, 5) is 40.7. The molecule has 1 aliphatic carbocycles. The van der Waals surface area contributed by atoms with Gasteiger partial charge in [-0.2, -0.15) is 0 Å². The second kappa shape index (κ2) is 6.86. The first-order valence-electron chi connectivity index (χ1n) is 9.08. The van der Waals surface area contributed by atoms with E-state index >= 15 is 0 Å². The number of fused-ring (bicyclic) bond motifs is 2. The molecule has 7 heteroatoms. The van der Waals surface area contributed by atoms with Crippen molar-refractivity contribution in [2.75, 3.05) is 19.6 Å². The number of halogens is 2. The van der Waals surface area contributed by atoms with Crippen LogP contribution in [-0.4, -0.2) is 47.2 Å². The smallest absolute Gasteiger partial charge is 0.262 e. The van der Waals surface area contributed by atoms with Gasteiger partial charge in [-0.05, 0) is 36.8 Å². The Hall–Kier alpha value is -1.59. The Morgan fingerprint density at radius 3 is 2.15 bits per heavy atom. The van der Waals surface area contributed by atoms with E-state index in [1.165, 1.54) is 37.8 Å². The van der Waals surface area contributed by atoms with E-state index in [4.69, 9.17) is 23.2 Å². The lowest BCUT2D eigenvalue weighted by atomic mass is 9.75. The predicted molar refractivity (Wildman–Crippen MR) is 98.5 cm³/mol. The fraction of sp³-hybridized carbons (Fsp3) is 0.526. The van der Waals surface area contributed by atoms with Crippen LogP contribution < -0.4 is 0 Å². The molecule has 3 aliphatic rings. The van der Waals surface area contributed by atoms with Gasteiger partial charge in [-0.3, -0.25) is 19.3 Å². The van der Waals surface area contributed by atoms with Crippen LogP contribution in [0.3, 0.4) is 0 Å². The fourth-order valence-corrected chi connectivity index (χ4v) is 4.82. The van der Waals surface area contributed by atoms with Crippen LogP contribution >= 0.6 is 23.2 Å². The highest BCUT2D eigenvalue weighted by molar-refractivity contribution is 6.43. The Morgan fingerprint density at radius 1 is 0.962 bits per heavy atom. The van der Waals surface area contributed by atoms with Gasteiger partial charge in [0.05, 0.1) is 21.2 Å². The van der Waals surface area contributed by atoms with E-state index < -0.39 is 11.8 Å². The molecular weight excluding hydrogens is 375 g/mol. The zero-order valence-corrected chi connectivity index (χ0v) is 15.9. The minimum atomic E-state index is -0.482. The molecule has 2 unspecified atom stereocenters. The molecular formula is C19H20Cl2N2O3. The van der Waals surface area contributed by atoms with Gasteiger partial charge in [0.25, 0.3) is 11.8 Å². The van der Waals surface area contributed by atoms with Crippen molar-refractivity contribution in [2.24, 2.45) is 11.8 Å². The van der Waals surface area contributed by atoms with Gasteiger partial charge in [0, 0.05) is 13.1 Å². The molecule has 3 amide bonds.